The Balaban J connectivity index is 1.81. The van der Waals surface area contributed by atoms with E-state index in [4.69, 9.17) is 14.2 Å². The van der Waals surface area contributed by atoms with Gasteiger partial charge in [0.1, 0.15) is 0 Å². The molecule has 0 saturated carbocycles. The number of amides is 1. The van der Waals surface area contributed by atoms with Crippen molar-refractivity contribution in [3.05, 3.63) is 28.3 Å². The van der Waals surface area contributed by atoms with E-state index in [-0.39, 0.29) is 6.54 Å². The zero-order valence-corrected chi connectivity index (χ0v) is 19.0. The number of carbonyl (C=O) groups is 1. The summed E-state index contributed by atoms with van der Waals surface area (Å²) in [5, 5.41) is 3.18. The molecule has 1 N–H and O–H groups in total. The number of nitrogens with zero attached hydrogens (tertiary/aromatic N) is 3. The Morgan fingerprint density at radius 3 is 2.33 bits per heavy atom. The number of methoxy groups -OCH3 is 3. The van der Waals surface area contributed by atoms with Crippen LogP contribution >= 0.6 is 11.3 Å². The average Bonchev–Trinajstić information content (AvgIpc) is 3.13. The summed E-state index contributed by atoms with van der Waals surface area (Å²) in [4.78, 5) is 18.0. The number of carbonyl (C=O) groups excluding carboxylic acids is 1. The van der Waals surface area contributed by atoms with E-state index in [1.165, 1.54) is 55.4 Å². The van der Waals surface area contributed by atoms with Crippen molar-refractivity contribution in [2.45, 2.75) is 13.0 Å². The van der Waals surface area contributed by atoms with Crippen LogP contribution in [0.15, 0.2) is 12.1 Å². The van der Waals surface area contributed by atoms with Gasteiger partial charge in [-0.1, -0.05) is 0 Å². The molecule has 0 radical (unpaired) electrons. The van der Waals surface area contributed by atoms with Crippen LogP contribution in [-0.4, -0.2) is 69.9 Å². The Morgan fingerprint density at radius 2 is 1.80 bits per heavy atom. The molecule has 1 aromatic heterocycles. The molecule has 0 spiro atoms. The van der Waals surface area contributed by atoms with Crippen molar-refractivity contribution >= 4 is 32.6 Å². The fraction of sp³-hybridized carbons (Fsp3) is 0.444. The number of thiazole rings is 1. The minimum Gasteiger partial charge on any atom is -0.493 e. The van der Waals surface area contributed by atoms with Crippen LogP contribution in [0, 0.1) is 0 Å². The molecule has 1 aliphatic heterocycles. The number of nitrogens with one attached hydrogen (secondary N) is 1. The Bertz CT molecular complexity index is 1030. The summed E-state index contributed by atoms with van der Waals surface area (Å²) in [7, 11) is 3.93. The van der Waals surface area contributed by atoms with Crippen molar-refractivity contribution in [3.63, 3.8) is 0 Å². The van der Waals surface area contributed by atoms with Gasteiger partial charge in [0, 0.05) is 37.5 Å². The molecule has 0 fully saturated rings. The molecule has 10 nitrogen and oxygen atoms in total. The first-order valence-corrected chi connectivity index (χ1v) is 11.2. The van der Waals surface area contributed by atoms with E-state index in [1.807, 2.05) is 0 Å². The SMILES string of the molecule is COc1cc(C(=O)Nc2nc3c(s2)CN(S(=O)(=O)N(C)C)CC3)cc(OC)c1OC. The molecule has 1 aromatic carbocycles. The van der Waals surface area contributed by atoms with Gasteiger partial charge < -0.3 is 14.2 Å². The number of hydrogen-bond donors (Lipinski definition) is 1. The number of benzene rings is 1. The van der Waals surface area contributed by atoms with E-state index < -0.39 is 16.1 Å². The average molecular weight is 457 g/mol. The lowest BCUT2D eigenvalue weighted by atomic mass is 10.1. The van der Waals surface area contributed by atoms with Gasteiger partial charge in [0.2, 0.25) is 5.75 Å². The van der Waals surface area contributed by atoms with Crippen LogP contribution in [0.2, 0.25) is 0 Å². The summed E-state index contributed by atoms with van der Waals surface area (Å²) in [5.41, 5.74) is 1.11. The summed E-state index contributed by atoms with van der Waals surface area (Å²) >= 11 is 1.26. The van der Waals surface area contributed by atoms with Gasteiger partial charge in [-0.3, -0.25) is 10.1 Å². The standard InChI is InChI=1S/C18H24N4O6S2/c1-21(2)30(24,25)22-7-6-12-15(10-22)29-18(19-12)20-17(23)11-8-13(26-3)16(28-5)14(9-11)27-4/h8-9H,6-7,10H2,1-5H3,(H,19,20,23). The lowest BCUT2D eigenvalue weighted by Gasteiger charge is -2.27. The van der Waals surface area contributed by atoms with Crippen molar-refractivity contribution in [1.29, 1.82) is 0 Å². The Morgan fingerprint density at radius 1 is 1.17 bits per heavy atom. The maximum atomic E-state index is 12.8. The lowest BCUT2D eigenvalue weighted by Crippen LogP contribution is -2.42. The molecule has 0 aliphatic carbocycles. The second kappa shape index (κ2) is 8.76. The normalized spacial score (nSPS) is 14.3. The van der Waals surface area contributed by atoms with Gasteiger partial charge in [0.15, 0.2) is 16.6 Å². The molecule has 0 unspecified atom stereocenters. The minimum atomic E-state index is -3.50. The minimum absolute atomic E-state index is 0.230. The highest BCUT2D eigenvalue weighted by Crippen LogP contribution is 2.38. The third kappa shape index (κ3) is 4.21. The molecule has 2 heterocycles. The van der Waals surface area contributed by atoms with E-state index in [0.717, 1.165) is 10.6 Å². The number of fused-ring (bicyclic) bond motifs is 1. The quantitative estimate of drug-likeness (QED) is 0.674. The van der Waals surface area contributed by atoms with Crippen LogP contribution in [0.3, 0.4) is 0 Å². The fourth-order valence-corrected chi connectivity index (χ4v) is 5.21. The summed E-state index contributed by atoms with van der Waals surface area (Å²) < 4.78 is 43.2. The molecule has 0 atom stereocenters. The third-order valence-corrected chi connectivity index (χ3v) is 7.52. The number of rotatable bonds is 7. The van der Waals surface area contributed by atoms with Gasteiger partial charge >= 0.3 is 0 Å². The number of hydrogen-bond acceptors (Lipinski definition) is 8. The van der Waals surface area contributed by atoms with Gasteiger partial charge in [0.25, 0.3) is 16.1 Å². The molecule has 0 saturated heterocycles. The Labute approximate surface area is 179 Å². The molecule has 164 valence electrons. The molecule has 1 amide bonds. The highest BCUT2D eigenvalue weighted by Gasteiger charge is 2.30. The van der Waals surface area contributed by atoms with E-state index in [9.17, 15) is 13.2 Å². The van der Waals surface area contributed by atoms with Crippen LogP contribution < -0.4 is 19.5 Å². The fourth-order valence-electron chi connectivity index (χ4n) is 3.03. The molecular formula is C18H24N4O6S2. The summed E-state index contributed by atoms with van der Waals surface area (Å²) in [6.07, 6.45) is 0.485. The van der Waals surface area contributed by atoms with Crippen LogP contribution in [0.4, 0.5) is 5.13 Å². The van der Waals surface area contributed by atoms with E-state index in [2.05, 4.69) is 10.3 Å². The first-order chi connectivity index (χ1) is 14.2. The highest BCUT2D eigenvalue weighted by molar-refractivity contribution is 7.86. The topological polar surface area (TPSA) is 110 Å². The molecule has 1 aliphatic rings. The van der Waals surface area contributed by atoms with Crippen molar-refractivity contribution < 1.29 is 27.4 Å². The van der Waals surface area contributed by atoms with Crippen molar-refractivity contribution in [2.75, 3.05) is 47.3 Å². The summed E-state index contributed by atoms with van der Waals surface area (Å²) in [6, 6.07) is 3.10. The van der Waals surface area contributed by atoms with Crippen LogP contribution in [-0.2, 0) is 23.2 Å². The van der Waals surface area contributed by atoms with Gasteiger partial charge in [-0.15, -0.1) is 11.3 Å². The van der Waals surface area contributed by atoms with Gasteiger partial charge in [-0.2, -0.15) is 17.0 Å². The second-order valence-electron chi connectivity index (χ2n) is 6.63. The van der Waals surface area contributed by atoms with Gasteiger partial charge in [-0.05, 0) is 12.1 Å². The van der Waals surface area contributed by atoms with Crippen LogP contribution in [0.1, 0.15) is 20.9 Å². The van der Waals surface area contributed by atoms with E-state index in [0.29, 0.717) is 40.9 Å². The van der Waals surface area contributed by atoms with Gasteiger partial charge in [0.05, 0.1) is 33.6 Å². The first kappa shape index (κ1) is 22.3. The summed E-state index contributed by atoms with van der Waals surface area (Å²) in [5.74, 6) is 0.733. The van der Waals surface area contributed by atoms with E-state index >= 15 is 0 Å². The lowest BCUT2D eigenvalue weighted by molar-refractivity contribution is 0.102. The molecule has 30 heavy (non-hydrogen) atoms. The van der Waals surface area contributed by atoms with Gasteiger partial charge in [-0.25, -0.2) is 4.98 Å². The summed E-state index contributed by atoms with van der Waals surface area (Å²) in [6.45, 7) is 0.574. The predicted molar refractivity (Wildman–Crippen MR) is 113 cm³/mol. The Hall–Kier alpha value is -2.41. The van der Waals surface area contributed by atoms with Crippen molar-refractivity contribution in [3.8, 4) is 17.2 Å². The molecule has 12 heteroatoms. The molecule has 2 aromatic rings. The maximum Gasteiger partial charge on any atom is 0.281 e. The molecule has 3 rings (SSSR count). The zero-order valence-electron chi connectivity index (χ0n) is 17.4. The molecule has 0 bridgehead atoms. The van der Waals surface area contributed by atoms with Crippen molar-refractivity contribution in [1.82, 2.24) is 13.6 Å². The monoisotopic (exact) mass is 456 g/mol. The number of ether oxygens (including phenoxy) is 3. The highest BCUT2D eigenvalue weighted by atomic mass is 32.2. The third-order valence-electron chi connectivity index (χ3n) is 4.63. The maximum absolute atomic E-state index is 12.8. The number of anilines is 1. The molecular weight excluding hydrogens is 432 g/mol. The number of aromatic nitrogens is 1. The second-order valence-corrected chi connectivity index (χ2v) is 9.86. The van der Waals surface area contributed by atoms with Crippen molar-refractivity contribution in [2.24, 2.45) is 0 Å². The van der Waals surface area contributed by atoms with E-state index in [1.54, 1.807) is 12.1 Å². The first-order valence-electron chi connectivity index (χ1n) is 8.98. The van der Waals surface area contributed by atoms with Crippen LogP contribution in [0.25, 0.3) is 0 Å². The smallest absolute Gasteiger partial charge is 0.281 e. The predicted octanol–water partition coefficient (Wildman–Crippen LogP) is 1.59. The zero-order chi connectivity index (χ0) is 22.1. The van der Waals surface area contributed by atoms with Crippen LogP contribution in [0.5, 0.6) is 17.2 Å². The largest absolute Gasteiger partial charge is 0.493 e. The Kier molecular flexibility index (Phi) is 6.50.